The molecule has 0 atom stereocenters. The molecule has 0 aliphatic carbocycles. The van der Waals surface area contributed by atoms with Crippen molar-refractivity contribution in [2.75, 3.05) is 18.4 Å². The zero-order valence-electron chi connectivity index (χ0n) is 14.7. The number of carbonyl (C=O) groups excluding carboxylic acids is 2. The van der Waals surface area contributed by atoms with Gasteiger partial charge in [-0.25, -0.2) is 0 Å². The van der Waals surface area contributed by atoms with Crippen molar-refractivity contribution in [2.24, 2.45) is 0 Å². The third-order valence-corrected chi connectivity index (χ3v) is 4.37. The fourth-order valence-electron chi connectivity index (χ4n) is 3.22. The van der Waals surface area contributed by atoms with Gasteiger partial charge in [0.05, 0.1) is 6.54 Å². The average molecular weight is 341 g/mol. The normalized spacial score (nSPS) is 13.2. The number of carbonyl (C=O) groups is 2. The summed E-state index contributed by atoms with van der Waals surface area (Å²) >= 11 is 0. The summed E-state index contributed by atoms with van der Waals surface area (Å²) in [7, 11) is 0. The Bertz CT molecular complexity index is 802. The van der Waals surface area contributed by atoms with Crippen LogP contribution in [0.3, 0.4) is 0 Å². The summed E-state index contributed by atoms with van der Waals surface area (Å²) in [5, 5.41) is 15.7. The number of fused-ring (bicyclic) bond motifs is 1. The number of aryl methyl sites for hydroxylation is 3. The molecule has 2 heterocycles. The molecule has 1 aromatic carbocycles. The molecule has 1 aliphatic heterocycles. The fraction of sp³-hybridized carbons (Fsp3) is 0.389. The molecule has 1 aromatic heterocycles. The van der Waals surface area contributed by atoms with Crippen molar-refractivity contribution in [1.82, 2.24) is 20.8 Å². The van der Waals surface area contributed by atoms with E-state index in [1.165, 1.54) is 0 Å². The molecule has 7 nitrogen and oxygen atoms in total. The van der Waals surface area contributed by atoms with Gasteiger partial charge in [-0.15, -0.1) is 0 Å². The third kappa shape index (κ3) is 3.71. The van der Waals surface area contributed by atoms with E-state index < -0.39 is 0 Å². The Morgan fingerprint density at radius 3 is 2.64 bits per heavy atom. The largest absolute Gasteiger partial charge is 0.342 e. The second kappa shape index (κ2) is 7.06. The number of aromatic amines is 1. The maximum atomic E-state index is 12.3. The predicted molar refractivity (Wildman–Crippen MR) is 95.6 cm³/mol. The number of rotatable bonds is 4. The van der Waals surface area contributed by atoms with Crippen molar-refractivity contribution < 1.29 is 9.59 Å². The first-order valence-corrected chi connectivity index (χ1v) is 8.38. The zero-order chi connectivity index (χ0) is 18.0. The van der Waals surface area contributed by atoms with Gasteiger partial charge in [0, 0.05) is 36.5 Å². The van der Waals surface area contributed by atoms with Gasteiger partial charge in [-0.05, 0) is 31.9 Å². The van der Waals surface area contributed by atoms with Crippen LogP contribution in [0.25, 0.3) is 0 Å². The molecule has 0 fully saturated rings. The summed E-state index contributed by atoms with van der Waals surface area (Å²) in [4.78, 5) is 24.5. The summed E-state index contributed by atoms with van der Waals surface area (Å²) < 4.78 is 0. The monoisotopic (exact) mass is 341 g/mol. The highest BCUT2D eigenvalue weighted by atomic mass is 16.2. The van der Waals surface area contributed by atoms with Gasteiger partial charge >= 0.3 is 0 Å². The molecular formula is C18H23N5O2. The van der Waals surface area contributed by atoms with Crippen molar-refractivity contribution >= 4 is 17.5 Å². The first-order chi connectivity index (χ1) is 12.0. The number of amides is 2. The number of nitrogens with one attached hydrogen (secondary N) is 4. The molecule has 1 aliphatic rings. The van der Waals surface area contributed by atoms with E-state index >= 15 is 0 Å². The lowest BCUT2D eigenvalue weighted by Crippen LogP contribution is -2.34. The van der Waals surface area contributed by atoms with E-state index in [1.54, 1.807) is 0 Å². The number of aromatic nitrogens is 2. The Morgan fingerprint density at radius 2 is 1.92 bits per heavy atom. The molecule has 3 rings (SSSR count). The molecule has 7 heteroatoms. The molecule has 0 saturated heterocycles. The number of H-pyrrole nitrogens is 1. The lowest BCUT2D eigenvalue weighted by Gasteiger charge is -2.14. The van der Waals surface area contributed by atoms with Crippen molar-refractivity contribution in [3.05, 3.63) is 45.8 Å². The van der Waals surface area contributed by atoms with Crippen LogP contribution in [0, 0.1) is 20.8 Å². The number of benzene rings is 1. The molecule has 2 aromatic rings. The van der Waals surface area contributed by atoms with Crippen LogP contribution in [0.2, 0.25) is 0 Å². The standard InChI is InChI=1S/C18H23N5O2/c1-10-6-11(2)16(12(3)7-10)21-15(24)9-20-18(25)17-13-8-19-5-4-14(13)22-23-17/h6-7,19H,4-5,8-9H2,1-3H3,(H,20,25)(H,21,24)(H,22,23). The molecule has 132 valence electrons. The summed E-state index contributed by atoms with van der Waals surface area (Å²) in [6.07, 6.45) is 0.822. The zero-order valence-corrected chi connectivity index (χ0v) is 14.7. The smallest absolute Gasteiger partial charge is 0.272 e. The topological polar surface area (TPSA) is 98.9 Å². The van der Waals surface area contributed by atoms with Crippen molar-refractivity contribution in [3.8, 4) is 0 Å². The SMILES string of the molecule is Cc1cc(C)c(NC(=O)CNC(=O)c2n[nH]c3c2CNCC3)c(C)c1. The van der Waals surface area contributed by atoms with Gasteiger partial charge in [0.25, 0.3) is 5.91 Å². The van der Waals surface area contributed by atoms with Gasteiger partial charge in [-0.3, -0.25) is 14.7 Å². The van der Waals surface area contributed by atoms with E-state index in [9.17, 15) is 9.59 Å². The van der Waals surface area contributed by atoms with Crippen LogP contribution >= 0.6 is 0 Å². The van der Waals surface area contributed by atoms with Gasteiger partial charge in [-0.1, -0.05) is 17.7 Å². The number of hydrogen-bond acceptors (Lipinski definition) is 4. The van der Waals surface area contributed by atoms with Crippen LogP contribution in [0.4, 0.5) is 5.69 Å². The van der Waals surface area contributed by atoms with Gasteiger partial charge < -0.3 is 16.0 Å². The molecule has 2 amide bonds. The minimum atomic E-state index is -0.339. The second-order valence-corrected chi connectivity index (χ2v) is 6.46. The highest BCUT2D eigenvalue weighted by molar-refractivity contribution is 5.99. The van der Waals surface area contributed by atoms with Crippen molar-refractivity contribution in [3.63, 3.8) is 0 Å². The van der Waals surface area contributed by atoms with Gasteiger partial charge in [0.1, 0.15) is 0 Å². The van der Waals surface area contributed by atoms with Crippen LogP contribution in [0.5, 0.6) is 0 Å². The van der Waals surface area contributed by atoms with Gasteiger partial charge in [0.15, 0.2) is 5.69 Å². The van der Waals surface area contributed by atoms with Crippen LogP contribution in [0.15, 0.2) is 12.1 Å². The Hall–Kier alpha value is -2.67. The lowest BCUT2D eigenvalue weighted by atomic mass is 10.1. The molecular weight excluding hydrogens is 318 g/mol. The minimum Gasteiger partial charge on any atom is -0.342 e. The van der Waals surface area contributed by atoms with E-state index in [1.807, 2.05) is 32.9 Å². The van der Waals surface area contributed by atoms with Crippen LogP contribution in [-0.4, -0.2) is 35.1 Å². The first-order valence-electron chi connectivity index (χ1n) is 8.38. The third-order valence-electron chi connectivity index (χ3n) is 4.37. The minimum absolute atomic E-state index is 0.0966. The average Bonchev–Trinajstić information content (AvgIpc) is 3.00. The summed E-state index contributed by atoms with van der Waals surface area (Å²) in [6, 6.07) is 4.04. The summed E-state index contributed by atoms with van der Waals surface area (Å²) in [5.41, 5.74) is 6.19. The highest BCUT2D eigenvalue weighted by Crippen LogP contribution is 2.21. The molecule has 0 saturated carbocycles. The maximum Gasteiger partial charge on any atom is 0.272 e. The van der Waals surface area contributed by atoms with E-state index in [0.717, 1.165) is 46.6 Å². The van der Waals surface area contributed by atoms with Crippen LogP contribution in [0.1, 0.15) is 38.4 Å². The Kier molecular flexibility index (Phi) is 4.85. The number of anilines is 1. The lowest BCUT2D eigenvalue weighted by molar-refractivity contribution is -0.115. The summed E-state index contributed by atoms with van der Waals surface area (Å²) in [5.74, 6) is -0.598. The molecule has 4 N–H and O–H groups in total. The second-order valence-electron chi connectivity index (χ2n) is 6.46. The Labute approximate surface area is 146 Å². The van der Waals surface area contributed by atoms with Gasteiger partial charge in [-0.2, -0.15) is 5.10 Å². The van der Waals surface area contributed by atoms with Crippen molar-refractivity contribution in [1.29, 1.82) is 0 Å². The quantitative estimate of drug-likeness (QED) is 0.674. The van der Waals surface area contributed by atoms with Crippen LogP contribution in [-0.2, 0) is 17.8 Å². The number of hydrogen-bond donors (Lipinski definition) is 4. The Morgan fingerprint density at radius 1 is 1.20 bits per heavy atom. The number of nitrogens with zero attached hydrogens (tertiary/aromatic N) is 1. The Balaban J connectivity index is 1.61. The predicted octanol–water partition coefficient (Wildman–Crippen LogP) is 1.35. The van der Waals surface area contributed by atoms with Crippen LogP contribution < -0.4 is 16.0 Å². The molecule has 0 spiro atoms. The molecule has 0 unspecified atom stereocenters. The van der Waals surface area contributed by atoms with E-state index in [-0.39, 0.29) is 18.4 Å². The maximum absolute atomic E-state index is 12.3. The summed E-state index contributed by atoms with van der Waals surface area (Å²) in [6.45, 7) is 7.32. The molecule has 0 radical (unpaired) electrons. The highest BCUT2D eigenvalue weighted by Gasteiger charge is 2.21. The molecule has 0 bridgehead atoms. The van der Waals surface area contributed by atoms with E-state index in [2.05, 4.69) is 26.1 Å². The fourth-order valence-corrected chi connectivity index (χ4v) is 3.22. The van der Waals surface area contributed by atoms with E-state index in [4.69, 9.17) is 0 Å². The van der Waals surface area contributed by atoms with Gasteiger partial charge in [0.2, 0.25) is 5.91 Å². The van der Waals surface area contributed by atoms with E-state index in [0.29, 0.717) is 12.2 Å². The first kappa shape index (κ1) is 17.2. The molecule has 25 heavy (non-hydrogen) atoms. The van der Waals surface area contributed by atoms with Crippen molar-refractivity contribution in [2.45, 2.75) is 33.7 Å².